The SMILES string of the molecule is O=C=S.[Rh]. The van der Waals surface area contributed by atoms with Crippen LogP contribution in [-0.2, 0) is 24.3 Å². The van der Waals surface area contributed by atoms with E-state index in [2.05, 4.69) is 12.2 Å². The molecular weight excluding hydrogens is 163 g/mol. The number of rotatable bonds is 0. The van der Waals surface area contributed by atoms with Crippen molar-refractivity contribution in [2.75, 3.05) is 0 Å². The van der Waals surface area contributed by atoms with Crippen molar-refractivity contribution in [1.82, 2.24) is 0 Å². The molecule has 0 aliphatic carbocycles. The van der Waals surface area contributed by atoms with Crippen molar-refractivity contribution in [1.29, 1.82) is 0 Å². The van der Waals surface area contributed by atoms with Gasteiger partial charge in [-0.25, -0.2) is 4.79 Å². The maximum Gasteiger partial charge on any atom is 0.202 e. The zero-order valence-corrected chi connectivity index (χ0v) is 4.11. The maximum atomic E-state index is 8.50. The molecule has 25 valence electrons. The van der Waals surface area contributed by atoms with Gasteiger partial charge in [0.25, 0.3) is 0 Å². The van der Waals surface area contributed by atoms with Crippen molar-refractivity contribution in [3.05, 3.63) is 0 Å². The van der Waals surface area contributed by atoms with Gasteiger partial charge in [-0.15, -0.1) is 0 Å². The van der Waals surface area contributed by atoms with Crippen LogP contribution in [0.15, 0.2) is 0 Å². The van der Waals surface area contributed by atoms with Gasteiger partial charge < -0.3 is 0 Å². The quantitative estimate of drug-likeness (QED) is 0.376. The van der Waals surface area contributed by atoms with Crippen LogP contribution in [0.25, 0.3) is 0 Å². The van der Waals surface area contributed by atoms with Crippen molar-refractivity contribution >= 4 is 17.5 Å². The van der Waals surface area contributed by atoms with E-state index in [-0.39, 0.29) is 19.5 Å². The summed E-state index contributed by atoms with van der Waals surface area (Å²) in [4.78, 5) is 8.50. The molecule has 1 nitrogen and oxygen atoms in total. The van der Waals surface area contributed by atoms with Crippen molar-refractivity contribution in [3.8, 4) is 0 Å². The monoisotopic (exact) mass is 163 g/mol. The molecule has 0 aliphatic rings. The first-order valence-corrected chi connectivity index (χ1v) is 0.816. The Morgan fingerprint density at radius 1 is 1.75 bits per heavy atom. The summed E-state index contributed by atoms with van der Waals surface area (Å²) in [7, 11) is 0. The minimum atomic E-state index is 0. The van der Waals surface area contributed by atoms with Gasteiger partial charge in [0.2, 0.25) is 5.23 Å². The molecule has 0 rings (SSSR count). The van der Waals surface area contributed by atoms with E-state index in [0.29, 0.717) is 0 Å². The summed E-state index contributed by atoms with van der Waals surface area (Å²) in [6, 6.07) is 0. The standard InChI is InChI=1S/COS.Rh/c2-1-3;. The third kappa shape index (κ3) is 27.4. The van der Waals surface area contributed by atoms with E-state index in [1.807, 2.05) is 0 Å². The van der Waals surface area contributed by atoms with Crippen LogP contribution in [0, 0.1) is 0 Å². The predicted octanol–water partition coefficient (Wildman–Crippen LogP) is 0.249. The molecule has 0 N–H and O–H groups in total. The van der Waals surface area contributed by atoms with Gasteiger partial charge in [0.05, 0.1) is 0 Å². The van der Waals surface area contributed by atoms with Crippen LogP contribution in [0.5, 0.6) is 0 Å². The van der Waals surface area contributed by atoms with Gasteiger partial charge in [-0.3, -0.25) is 0 Å². The van der Waals surface area contributed by atoms with Gasteiger partial charge in [-0.1, -0.05) is 0 Å². The second-order valence-electron chi connectivity index (χ2n) is 0.0833. The van der Waals surface area contributed by atoms with E-state index in [9.17, 15) is 0 Å². The molecule has 3 heteroatoms. The summed E-state index contributed by atoms with van der Waals surface area (Å²) in [5.41, 5.74) is 0. The van der Waals surface area contributed by atoms with Crippen molar-refractivity contribution in [2.24, 2.45) is 0 Å². The van der Waals surface area contributed by atoms with Crippen molar-refractivity contribution in [3.63, 3.8) is 0 Å². The Morgan fingerprint density at radius 3 is 1.75 bits per heavy atom. The average Bonchev–Trinajstić information content (AvgIpc) is 0.918. The van der Waals surface area contributed by atoms with Gasteiger partial charge >= 0.3 is 0 Å². The third-order valence-electron chi connectivity index (χ3n) is 0. The zero-order valence-electron chi connectivity index (χ0n) is 1.65. The van der Waals surface area contributed by atoms with E-state index in [0.717, 1.165) is 5.23 Å². The summed E-state index contributed by atoms with van der Waals surface area (Å²) < 4.78 is 0. The minimum Gasteiger partial charge on any atom is -0.220 e. The van der Waals surface area contributed by atoms with Gasteiger partial charge in [0.1, 0.15) is 0 Å². The van der Waals surface area contributed by atoms with Crippen LogP contribution in [0.4, 0.5) is 0 Å². The Kier molecular flexibility index (Phi) is 21.9. The number of thiocarbonyl (C=S) groups is 1. The van der Waals surface area contributed by atoms with E-state index in [1.165, 1.54) is 0 Å². The molecular formula is CORhS. The molecule has 0 bridgehead atoms. The number of carbonyl (C=O) groups excluding carboxylic acids is 1. The van der Waals surface area contributed by atoms with Crippen molar-refractivity contribution < 1.29 is 24.3 Å². The van der Waals surface area contributed by atoms with E-state index >= 15 is 0 Å². The Labute approximate surface area is 42.1 Å². The van der Waals surface area contributed by atoms with Gasteiger partial charge in [0, 0.05) is 31.7 Å². The first-order valence-electron chi connectivity index (χ1n) is 0.408. The maximum absolute atomic E-state index is 8.50. The molecule has 0 fully saturated rings. The Hall–Kier alpha value is 0.423. The molecule has 0 saturated carbocycles. The number of hydrogen-bond donors (Lipinski definition) is 0. The fourth-order valence-electron chi connectivity index (χ4n) is 0. The summed E-state index contributed by atoms with van der Waals surface area (Å²) in [5.74, 6) is 0. The van der Waals surface area contributed by atoms with Crippen LogP contribution in [0.3, 0.4) is 0 Å². The normalized spacial score (nSPS) is 2.00. The number of hydrogen-bond acceptors (Lipinski definition) is 2. The van der Waals surface area contributed by atoms with E-state index in [1.54, 1.807) is 0 Å². The molecule has 0 heterocycles. The zero-order chi connectivity index (χ0) is 2.71. The second kappa shape index (κ2) is 9.92. The smallest absolute Gasteiger partial charge is 0.202 e. The average molecular weight is 163 g/mol. The summed E-state index contributed by atoms with van der Waals surface area (Å²) in [5, 5.41) is 1.08. The Morgan fingerprint density at radius 2 is 1.75 bits per heavy atom. The van der Waals surface area contributed by atoms with Gasteiger partial charge in [-0.2, -0.15) is 0 Å². The van der Waals surface area contributed by atoms with Crippen LogP contribution < -0.4 is 0 Å². The van der Waals surface area contributed by atoms with Crippen LogP contribution in [0.2, 0.25) is 0 Å². The molecule has 0 aromatic heterocycles. The van der Waals surface area contributed by atoms with Gasteiger partial charge in [-0.05, 0) is 0 Å². The second-order valence-corrected chi connectivity index (χ2v) is 0.250. The Balaban J connectivity index is 0. The minimum absolute atomic E-state index is 0. The topological polar surface area (TPSA) is 17.1 Å². The fourth-order valence-corrected chi connectivity index (χ4v) is 0. The first-order chi connectivity index (χ1) is 1.41. The predicted molar refractivity (Wildman–Crippen MR) is 13.3 cm³/mol. The van der Waals surface area contributed by atoms with Gasteiger partial charge in [0.15, 0.2) is 0 Å². The van der Waals surface area contributed by atoms with Crippen LogP contribution >= 0.6 is 12.2 Å². The van der Waals surface area contributed by atoms with E-state index in [4.69, 9.17) is 4.79 Å². The summed E-state index contributed by atoms with van der Waals surface area (Å²) in [6.07, 6.45) is 0. The molecule has 0 unspecified atom stereocenters. The van der Waals surface area contributed by atoms with Crippen LogP contribution in [-0.4, -0.2) is 5.23 Å². The van der Waals surface area contributed by atoms with Crippen LogP contribution in [0.1, 0.15) is 0 Å². The molecule has 1 radical (unpaired) electrons. The molecule has 4 heavy (non-hydrogen) atoms. The first kappa shape index (κ1) is 8.83. The molecule has 0 aromatic rings. The molecule has 0 atom stereocenters. The fraction of sp³-hybridized carbons (Fsp3) is 0. The largest absolute Gasteiger partial charge is 0.220 e. The third-order valence-corrected chi connectivity index (χ3v) is 0. The summed E-state index contributed by atoms with van der Waals surface area (Å²) in [6.45, 7) is 0. The van der Waals surface area contributed by atoms with Crippen molar-refractivity contribution in [2.45, 2.75) is 0 Å². The molecule has 0 amide bonds. The Bertz CT molecular complexity index is 29.0. The molecule has 0 spiro atoms. The summed E-state index contributed by atoms with van der Waals surface area (Å²) >= 11 is 3.59. The molecule has 0 aromatic carbocycles. The molecule has 0 saturated heterocycles. The van der Waals surface area contributed by atoms with E-state index < -0.39 is 0 Å². The molecule has 0 aliphatic heterocycles.